The molecule has 0 aromatic carbocycles. The molecule has 0 aliphatic heterocycles. The van der Waals surface area contributed by atoms with Gasteiger partial charge in [-0.1, -0.05) is 6.58 Å². The Morgan fingerprint density at radius 1 is 1.64 bits per heavy atom. The molecule has 0 spiro atoms. The van der Waals surface area contributed by atoms with Crippen molar-refractivity contribution in [1.82, 2.24) is 9.78 Å². The Morgan fingerprint density at radius 2 is 2.29 bits per heavy atom. The summed E-state index contributed by atoms with van der Waals surface area (Å²) in [7, 11) is 0. The van der Waals surface area contributed by atoms with Gasteiger partial charge in [-0.05, 0) is 6.08 Å². The summed E-state index contributed by atoms with van der Waals surface area (Å²) < 4.78 is 35.8. The minimum absolute atomic E-state index is 0.174. The number of carbonyl (C=O) groups excluding carboxylic acids is 1. The first-order valence-corrected chi connectivity index (χ1v) is 3.50. The van der Waals surface area contributed by atoms with Gasteiger partial charge in [0.2, 0.25) is 5.91 Å². The van der Waals surface area contributed by atoms with Gasteiger partial charge in [-0.15, -0.1) is 18.3 Å². The van der Waals surface area contributed by atoms with E-state index in [0.717, 1.165) is 12.1 Å². The van der Waals surface area contributed by atoms with Gasteiger partial charge >= 0.3 is 6.30 Å². The molecule has 0 fully saturated rings. The lowest BCUT2D eigenvalue weighted by molar-refractivity contribution is -0.212. The first-order valence-electron chi connectivity index (χ1n) is 3.50. The number of hydrogen-bond donors (Lipinski definition) is 1. The van der Waals surface area contributed by atoms with Crippen LogP contribution in [0.15, 0.2) is 24.9 Å². The zero-order valence-electron chi connectivity index (χ0n) is 6.88. The van der Waals surface area contributed by atoms with Crippen LogP contribution in [0, 0.1) is 0 Å². The van der Waals surface area contributed by atoms with Gasteiger partial charge in [-0.2, -0.15) is 4.68 Å². The maximum Gasteiger partial charge on any atom is 0.504 e. The molecule has 1 amide bonds. The van der Waals surface area contributed by atoms with E-state index in [0.29, 0.717) is 6.20 Å². The second kappa shape index (κ2) is 3.52. The fourth-order valence-electron chi connectivity index (χ4n) is 0.709. The summed E-state index contributed by atoms with van der Waals surface area (Å²) in [6.07, 6.45) is -2.93. The lowest BCUT2D eigenvalue weighted by atomic mass is 10.5. The number of amides is 1. The molecule has 0 bridgehead atoms. The van der Waals surface area contributed by atoms with Crippen molar-refractivity contribution in [3.8, 4) is 0 Å². The summed E-state index contributed by atoms with van der Waals surface area (Å²) in [4.78, 5) is 10.7. The zero-order chi connectivity index (χ0) is 10.8. The quantitative estimate of drug-likeness (QED) is 0.743. The Morgan fingerprint density at radius 3 is 2.71 bits per heavy atom. The summed E-state index contributed by atoms with van der Waals surface area (Å²) in [5, 5.41) is 5.18. The molecule has 0 atom stereocenters. The van der Waals surface area contributed by atoms with Gasteiger partial charge in [0.15, 0.2) is 5.82 Å². The molecule has 1 N–H and O–H groups in total. The second-order valence-corrected chi connectivity index (χ2v) is 2.31. The highest BCUT2D eigenvalue weighted by atomic mass is 19.4. The average Bonchev–Trinajstić information content (AvgIpc) is 2.51. The van der Waals surface area contributed by atoms with Crippen LogP contribution in [0.3, 0.4) is 0 Å². The van der Waals surface area contributed by atoms with E-state index in [1.807, 2.05) is 0 Å². The molecule has 7 heteroatoms. The Bertz CT molecular complexity index is 355. The van der Waals surface area contributed by atoms with Crippen LogP contribution < -0.4 is 5.32 Å². The molecule has 1 rings (SSSR count). The normalized spacial score (nSPS) is 11.1. The Labute approximate surface area is 77.0 Å². The van der Waals surface area contributed by atoms with Gasteiger partial charge in [0.1, 0.15) is 0 Å². The number of alkyl halides is 3. The van der Waals surface area contributed by atoms with Crippen molar-refractivity contribution in [1.29, 1.82) is 0 Å². The summed E-state index contributed by atoms with van der Waals surface area (Å²) in [6, 6.07) is 1.04. The molecule has 76 valence electrons. The lowest BCUT2D eigenvalue weighted by Gasteiger charge is -2.04. The molecular formula is C7H6F3N3O. The minimum Gasteiger partial charge on any atom is -0.306 e. The Hall–Kier alpha value is -1.79. The molecule has 14 heavy (non-hydrogen) atoms. The number of halogens is 3. The van der Waals surface area contributed by atoms with Crippen molar-refractivity contribution in [2.45, 2.75) is 6.30 Å². The van der Waals surface area contributed by atoms with Crippen LogP contribution in [0.1, 0.15) is 0 Å². The third-order valence-electron chi connectivity index (χ3n) is 1.29. The molecule has 0 saturated carbocycles. The number of carbonyl (C=O) groups is 1. The molecule has 0 radical (unpaired) electrons. The number of rotatable bonds is 2. The zero-order valence-corrected chi connectivity index (χ0v) is 6.88. The Kier molecular flexibility index (Phi) is 2.59. The molecule has 1 aromatic rings. The molecule has 0 saturated heterocycles. The summed E-state index contributed by atoms with van der Waals surface area (Å²) in [6.45, 7) is 3.14. The third-order valence-corrected chi connectivity index (χ3v) is 1.29. The number of nitrogens with zero attached hydrogens (tertiary/aromatic N) is 2. The van der Waals surface area contributed by atoms with Crippen molar-refractivity contribution in [2.75, 3.05) is 5.32 Å². The maximum absolute atomic E-state index is 12.0. The van der Waals surface area contributed by atoms with E-state index in [1.165, 1.54) is 0 Å². The highest BCUT2D eigenvalue weighted by Crippen LogP contribution is 2.21. The van der Waals surface area contributed by atoms with E-state index >= 15 is 0 Å². The summed E-state index contributed by atoms with van der Waals surface area (Å²) in [5.41, 5.74) is 0. The first kappa shape index (κ1) is 10.3. The van der Waals surface area contributed by atoms with Crippen molar-refractivity contribution >= 4 is 11.7 Å². The predicted octanol–water partition coefficient (Wildman–Crippen LogP) is 1.48. The van der Waals surface area contributed by atoms with Gasteiger partial charge in [-0.3, -0.25) is 4.79 Å². The third kappa shape index (κ3) is 2.35. The van der Waals surface area contributed by atoms with Crippen LogP contribution in [0.4, 0.5) is 19.0 Å². The second-order valence-electron chi connectivity index (χ2n) is 2.31. The van der Waals surface area contributed by atoms with E-state index in [4.69, 9.17) is 0 Å². The van der Waals surface area contributed by atoms with Gasteiger partial charge in [0.05, 0.1) is 0 Å². The van der Waals surface area contributed by atoms with Gasteiger partial charge in [-0.25, -0.2) is 0 Å². The number of hydrogen-bond acceptors (Lipinski definition) is 2. The van der Waals surface area contributed by atoms with Crippen molar-refractivity contribution in [3.63, 3.8) is 0 Å². The molecule has 1 heterocycles. The lowest BCUT2D eigenvalue weighted by Crippen LogP contribution is -2.17. The smallest absolute Gasteiger partial charge is 0.306 e. The highest BCUT2D eigenvalue weighted by molar-refractivity contribution is 5.98. The number of nitrogens with one attached hydrogen (secondary N) is 1. The Balaban J connectivity index is 2.78. The summed E-state index contributed by atoms with van der Waals surface area (Å²) in [5.74, 6) is -0.787. The van der Waals surface area contributed by atoms with Gasteiger partial charge in [0, 0.05) is 12.3 Å². The van der Waals surface area contributed by atoms with Crippen molar-refractivity contribution in [2.24, 2.45) is 0 Å². The molecule has 1 aromatic heterocycles. The highest BCUT2D eigenvalue weighted by Gasteiger charge is 2.31. The van der Waals surface area contributed by atoms with Gasteiger partial charge in [0.25, 0.3) is 0 Å². The van der Waals surface area contributed by atoms with E-state index < -0.39 is 12.2 Å². The van der Waals surface area contributed by atoms with Crippen LogP contribution in [0.5, 0.6) is 0 Å². The summed E-state index contributed by atoms with van der Waals surface area (Å²) >= 11 is 0. The predicted molar refractivity (Wildman–Crippen MR) is 42.4 cm³/mol. The van der Waals surface area contributed by atoms with Crippen molar-refractivity contribution in [3.05, 3.63) is 24.9 Å². The molecule has 4 nitrogen and oxygen atoms in total. The van der Waals surface area contributed by atoms with E-state index in [2.05, 4.69) is 17.0 Å². The fraction of sp³-hybridized carbons (Fsp3) is 0.143. The largest absolute Gasteiger partial charge is 0.504 e. The molecule has 0 aliphatic rings. The van der Waals surface area contributed by atoms with E-state index in [-0.39, 0.29) is 10.5 Å². The number of anilines is 1. The van der Waals surface area contributed by atoms with Crippen LogP contribution in [0.2, 0.25) is 0 Å². The van der Waals surface area contributed by atoms with Crippen LogP contribution in [-0.2, 0) is 11.1 Å². The first-order chi connectivity index (χ1) is 6.43. The molecule has 0 unspecified atom stereocenters. The fourth-order valence-corrected chi connectivity index (χ4v) is 0.709. The SMILES string of the molecule is C=CC(=O)Nc1ccn(C(F)(F)F)n1. The van der Waals surface area contributed by atoms with Crippen molar-refractivity contribution < 1.29 is 18.0 Å². The van der Waals surface area contributed by atoms with E-state index in [9.17, 15) is 18.0 Å². The minimum atomic E-state index is -4.57. The maximum atomic E-state index is 12.0. The standard InChI is InChI=1S/C7H6F3N3O/c1-2-6(14)11-5-3-4-13(12-5)7(8,9)10/h2-4H,1H2,(H,11,12,14). The number of aromatic nitrogens is 2. The van der Waals surface area contributed by atoms with E-state index in [1.54, 1.807) is 0 Å². The topological polar surface area (TPSA) is 46.9 Å². The molecular weight excluding hydrogens is 199 g/mol. The van der Waals surface area contributed by atoms with Crippen LogP contribution >= 0.6 is 0 Å². The monoisotopic (exact) mass is 205 g/mol. The van der Waals surface area contributed by atoms with Crippen LogP contribution in [0.25, 0.3) is 0 Å². The molecule has 0 aliphatic carbocycles. The van der Waals surface area contributed by atoms with Crippen LogP contribution in [-0.4, -0.2) is 15.7 Å². The van der Waals surface area contributed by atoms with Gasteiger partial charge < -0.3 is 5.32 Å². The average molecular weight is 205 g/mol.